The molecule has 1 N–H and O–H groups in total. The van der Waals surface area contributed by atoms with Gasteiger partial charge in [-0.05, 0) is 53.6 Å². The summed E-state index contributed by atoms with van der Waals surface area (Å²) in [7, 11) is 0. The van der Waals surface area contributed by atoms with E-state index >= 15 is 0 Å². The Morgan fingerprint density at radius 1 is 1.11 bits per heavy atom. The van der Waals surface area contributed by atoms with Crippen LogP contribution in [-0.4, -0.2) is 5.11 Å². The molecule has 98 valence electrons. The van der Waals surface area contributed by atoms with Gasteiger partial charge in [-0.25, -0.2) is 0 Å². The van der Waals surface area contributed by atoms with Gasteiger partial charge in [0.2, 0.25) is 0 Å². The maximum atomic E-state index is 10.4. The second-order valence-corrected chi connectivity index (χ2v) is 5.89. The molecule has 3 heteroatoms. The molecule has 0 saturated carbocycles. The number of rotatable bonds is 2. The second-order valence-electron chi connectivity index (χ2n) is 5.05. The van der Waals surface area contributed by atoms with Gasteiger partial charge < -0.3 is 5.11 Å². The summed E-state index contributed by atoms with van der Waals surface area (Å²) in [6.07, 6.45) is 1.22. The predicted octanol–water partition coefficient (Wildman–Crippen LogP) is 4.44. The quantitative estimate of drug-likeness (QED) is 0.867. The Morgan fingerprint density at radius 2 is 1.89 bits per heavy atom. The molecular weight excluding hydrogens is 279 g/mol. The van der Waals surface area contributed by atoms with E-state index in [1.807, 2.05) is 30.3 Å². The summed E-state index contributed by atoms with van der Waals surface area (Å²) >= 11 is 12.2. The van der Waals surface area contributed by atoms with E-state index in [-0.39, 0.29) is 5.92 Å². The molecule has 1 aliphatic rings. The van der Waals surface area contributed by atoms with Crippen LogP contribution in [-0.2, 0) is 12.8 Å². The average molecular weight is 293 g/mol. The molecule has 0 spiro atoms. The van der Waals surface area contributed by atoms with Gasteiger partial charge >= 0.3 is 0 Å². The van der Waals surface area contributed by atoms with Crippen LogP contribution in [0.25, 0.3) is 0 Å². The van der Waals surface area contributed by atoms with Crippen LogP contribution in [0.5, 0.6) is 0 Å². The van der Waals surface area contributed by atoms with Gasteiger partial charge in [0.1, 0.15) is 0 Å². The molecular formula is C16H14Cl2O. The van der Waals surface area contributed by atoms with E-state index in [0.29, 0.717) is 10.0 Å². The Bertz CT molecular complexity index is 609. The van der Waals surface area contributed by atoms with Crippen LogP contribution in [0.4, 0.5) is 0 Å². The molecule has 19 heavy (non-hydrogen) atoms. The van der Waals surface area contributed by atoms with Crippen LogP contribution in [0.2, 0.25) is 10.0 Å². The van der Waals surface area contributed by atoms with Crippen molar-refractivity contribution in [1.29, 1.82) is 0 Å². The summed E-state index contributed by atoms with van der Waals surface area (Å²) in [6.45, 7) is 0. The zero-order chi connectivity index (χ0) is 13.4. The number of aliphatic hydroxyl groups excluding tert-OH is 1. The standard InChI is InChI=1S/C16H14Cl2O/c17-13-5-6-15(18)11(9-13)8-12-7-10-3-1-2-4-14(10)16(12)19/h1-6,9,12,16,19H,7-8H2. The first-order chi connectivity index (χ1) is 9.15. The number of halogens is 2. The summed E-state index contributed by atoms with van der Waals surface area (Å²) in [6, 6.07) is 13.6. The Labute approximate surface area is 122 Å². The molecule has 3 rings (SSSR count). The molecule has 0 fully saturated rings. The van der Waals surface area contributed by atoms with E-state index in [9.17, 15) is 5.11 Å². The van der Waals surface area contributed by atoms with Gasteiger partial charge in [0.25, 0.3) is 0 Å². The van der Waals surface area contributed by atoms with Crippen LogP contribution in [0.1, 0.15) is 22.8 Å². The summed E-state index contributed by atoms with van der Waals surface area (Å²) < 4.78 is 0. The van der Waals surface area contributed by atoms with Crippen molar-refractivity contribution in [1.82, 2.24) is 0 Å². The minimum atomic E-state index is -0.411. The van der Waals surface area contributed by atoms with Gasteiger partial charge in [-0.15, -0.1) is 0 Å². The van der Waals surface area contributed by atoms with E-state index in [1.165, 1.54) is 5.56 Å². The van der Waals surface area contributed by atoms with Gasteiger partial charge in [0.15, 0.2) is 0 Å². The lowest BCUT2D eigenvalue weighted by molar-refractivity contribution is 0.123. The van der Waals surface area contributed by atoms with Crippen molar-refractivity contribution in [3.8, 4) is 0 Å². The topological polar surface area (TPSA) is 20.2 Å². The molecule has 2 atom stereocenters. The van der Waals surface area contributed by atoms with E-state index in [2.05, 4.69) is 6.07 Å². The third kappa shape index (κ3) is 2.51. The highest BCUT2D eigenvalue weighted by molar-refractivity contribution is 6.33. The fraction of sp³-hybridized carbons (Fsp3) is 0.250. The maximum absolute atomic E-state index is 10.4. The lowest BCUT2D eigenvalue weighted by atomic mass is 9.94. The Morgan fingerprint density at radius 3 is 2.68 bits per heavy atom. The predicted molar refractivity (Wildman–Crippen MR) is 78.8 cm³/mol. The van der Waals surface area contributed by atoms with E-state index < -0.39 is 6.10 Å². The number of fused-ring (bicyclic) bond motifs is 1. The summed E-state index contributed by atoms with van der Waals surface area (Å²) in [5.41, 5.74) is 3.29. The van der Waals surface area contributed by atoms with Crippen molar-refractivity contribution < 1.29 is 5.11 Å². The van der Waals surface area contributed by atoms with Crippen molar-refractivity contribution in [3.05, 3.63) is 69.2 Å². The van der Waals surface area contributed by atoms with Crippen molar-refractivity contribution in [3.63, 3.8) is 0 Å². The van der Waals surface area contributed by atoms with Crippen molar-refractivity contribution in [2.45, 2.75) is 18.9 Å². The Kier molecular flexibility index (Phi) is 3.53. The largest absolute Gasteiger partial charge is 0.388 e. The number of aliphatic hydroxyl groups is 1. The molecule has 2 aromatic carbocycles. The highest BCUT2D eigenvalue weighted by atomic mass is 35.5. The molecule has 0 aliphatic heterocycles. The molecule has 0 saturated heterocycles. The zero-order valence-electron chi connectivity index (χ0n) is 10.3. The molecule has 2 aromatic rings. The van der Waals surface area contributed by atoms with Gasteiger partial charge in [-0.2, -0.15) is 0 Å². The lowest BCUT2D eigenvalue weighted by Gasteiger charge is -2.16. The van der Waals surface area contributed by atoms with Gasteiger partial charge in [-0.1, -0.05) is 47.5 Å². The minimum Gasteiger partial charge on any atom is -0.388 e. The van der Waals surface area contributed by atoms with Crippen LogP contribution in [0.3, 0.4) is 0 Å². The molecule has 0 amide bonds. The minimum absolute atomic E-state index is 0.174. The van der Waals surface area contributed by atoms with Gasteiger partial charge in [0, 0.05) is 10.0 Å². The fourth-order valence-corrected chi connectivity index (χ4v) is 3.21. The second kappa shape index (κ2) is 5.16. The van der Waals surface area contributed by atoms with Crippen molar-refractivity contribution in [2.24, 2.45) is 5.92 Å². The normalized spacial score (nSPS) is 21.4. The first-order valence-electron chi connectivity index (χ1n) is 6.35. The maximum Gasteiger partial charge on any atom is 0.0827 e. The van der Waals surface area contributed by atoms with E-state index in [4.69, 9.17) is 23.2 Å². The summed E-state index contributed by atoms with van der Waals surface area (Å²) in [5.74, 6) is 0.174. The third-order valence-electron chi connectivity index (χ3n) is 3.79. The summed E-state index contributed by atoms with van der Waals surface area (Å²) in [4.78, 5) is 0. The van der Waals surface area contributed by atoms with Crippen LogP contribution >= 0.6 is 23.2 Å². The zero-order valence-corrected chi connectivity index (χ0v) is 11.8. The highest BCUT2D eigenvalue weighted by Gasteiger charge is 2.30. The monoisotopic (exact) mass is 292 g/mol. The van der Waals surface area contributed by atoms with Crippen molar-refractivity contribution >= 4 is 23.2 Å². The van der Waals surface area contributed by atoms with Crippen LogP contribution in [0, 0.1) is 5.92 Å². The van der Waals surface area contributed by atoms with Gasteiger partial charge in [-0.3, -0.25) is 0 Å². The number of hydrogen-bond donors (Lipinski definition) is 1. The molecule has 0 heterocycles. The van der Waals surface area contributed by atoms with Crippen LogP contribution < -0.4 is 0 Å². The summed E-state index contributed by atoms with van der Waals surface area (Å²) in [5, 5.41) is 11.8. The smallest absolute Gasteiger partial charge is 0.0827 e. The highest BCUT2D eigenvalue weighted by Crippen LogP contribution is 2.38. The fourth-order valence-electron chi connectivity index (χ4n) is 2.82. The number of benzene rings is 2. The molecule has 0 aromatic heterocycles. The molecule has 2 unspecified atom stereocenters. The molecule has 1 nitrogen and oxygen atoms in total. The first-order valence-corrected chi connectivity index (χ1v) is 7.10. The SMILES string of the molecule is OC1c2ccccc2CC1Cc1cc(Cl)ccc1Cl. The molecule has 0 bridgehead atoms. The average Bonchev–Trinajstić information content (AvgIpc) is 2.72. The molecule has 1 aliphatic carbocycles. The Balaban J connectivity index is 1.85. The van der Waals surface area contributed by atoms with E-state index in [0.717, 1.165) is 24.0 Å². The lowest BCUT2D eigenvalue weighted by Crippen LogP contribution is -2.10. The first kappa shape index (κ1) is 13.0. The third-order valence-corrected chi connectivity index (χ3v) is 4.40. The van der Waals surface area contributed by atoms with Crippen molar-refractivity contribution in [2.75, 3.05) is 0 Å². The van der Waals surface area contributed by atoms with Crippen LogP contribution in [0.15, 0.2) is 42.5 Å². The van der Waals surface area contributed by atoms with E-state index in [1.54, 1.807) is 6.07 Å². The molecule has 0 radical (unpaired) electrons. The number of hydrogen-bond acceptors (Lipinski definition) is 1. The Hall–Kier alpha value is -1.02. The van der Waals surface area contributed by atoms with Gasteiger partial charge in [0.05, 0.1) is 6.10 Å².